The highest BCUT2D eigenvalue weighted by Crippen LogP contribution is 2.39. The third-order valence-corrected chi connectivity index (χ3v) is 6.64. The maximum atomic E-state index is 5.43. The van der Waals surface area contributed by atoms with Crippen LogP contribution in [0.25, 0.3) is 32.9 Å². The molecule has 0 N–H and O–H groups in total. The first-order valence-corrected chi connectivity index (χ1v) is 10.9. The average Bonchev–Trinajstić information content (AvgIpc) is 2.77. The molecule has 0 amide bonds. The molecular weight excluding hydrogens is 424 g/mol. The number of hydrogen-bond acceptors (Lipinski definition) is 3. The zero-order valence-corrected chi connectivity index (χ0v) is 18.3. The van der Waals surface area contributed by atoms with E-state index >= 15 is 0 Å². The van der Waals surface area contributed by atoms with E-state index in [1.165, 1.54) is 27.3 Å². The number of ether oxygens (including phenoxy) is 1. The van der Waals surface area contributed by atoms with Crippen LogP contribution >= 0.6 is 15.9 Å². The van der Waals surface area contributed by atoms with E-state index in [4.69, 9.17) is 9.72 Å². The summed E-state index contributed by atoms with van der Waals surface area (Å²) in [7, 11) is 1.69. The Balaban J connectivity index is 1.82. The Labute approximate surface area is 179 Å². The highest BCUT2D eigenvalue weighted by molar-refractivity contribution is 9.10. The molecule has 0 spiro atoms. The van der Waals surface area contributed by atoms with Crippen LogP contribution < -0.4 is 4.74 Å². The van der Waals surface area contributed by atoms with Gasteiger partial charge in [-0.1, -0.05) is 37.3 Å². The fourth-order valence-corrected chi connectivity index (χ4v) is 5.03. The van der Waals surface area contributed by atoms with E-state index in [9.17, 15) is 0 Å². The van der Waals surface area contributed by atoms with Gasteiger partial charge in [-0.2, -0.15) is 0 Å². The Kier molecular flexibility index (Phi) is 4.76. The summed E-state index contributed by atoms with van der Waals surface area (Å²) in [5.74, 6) is 0.838. The molecule has 0 saturated heterocycles. The van der Waals surface area contributed by atoms with E-state index in [-0.39, 0.29) is 0 Å². The number of halogens is 1. The van der Waals surface area contributed by atoms with Crippen LogP contribution in [0.5, 0.6) is 5.75 Å². The van der Waals surface area contributed by atoms with Gasteiger partial charge in [0.25, 0.3) is 0 Å². The predicted molar refractivity (Wildman–Crippen MR) is 124 cm³/mol. The van der Waals surface area contributed by atoms with Gasteiger partial charge in [0.1, 0.15) is 5.75 Å². The largest absolute Gasteiger partial charge is 0.496 e. The Morgan fingerprint density at radius 3 is 2.72 bits per heavy atom. The SMILES string of the molecule is CCN1CCc2c(c(-c3ccc(OC)c(Br)c3)nc3ccc4ccccc4c23)C1. The quantitative estimate of drug-likeness (QED) is 0.350. The number of benzene rings is 3. The second-order valence-electron chi connectivity index (χ2n) is 7.57. The van der Waals surface area contributed by atoms with Gasteiger partial charge >= 0.3 is 0 Å². The molecule has 5 rings (SSSR count). The Hall–Kier alpha value is -2.43. The maximum Gasteiger partial charge on any atom is 0.133 e. The molecule has 0 atom stereocenters. The number of fused-ring (bicyclic) bond motifs is 5. The number of pyridine rings is 1. The third kappa shape index (κ3) is 3.11. The second-order valence-corrected chi connectivity index (χ2v) is 8.42. The van der Waals surface area contributed by atoms with Crippen molar-refractivity contribution >= 4 is 37.6 Å². The van der Waals surface area contributed by atoms with Gasteiger partial charge in [-0.05, 0) is 75.1 Å². The first-order valence-electron chi connectivity index (χ1n) is 10.1. The minimum absolute atomic E-state index is 0.838. The smallest absolute Gasteiger partial charge is 0.133 e. The van der Waals surface area contributed by atoms with Gasteiger partial charge in [0.15, 0.2) is 0 Å². The molecule has 4 heteroatoms. The molecule has 1 aliphatic heterocycles. The van der Waals surface area contributed by atoms with E-state index in [1.807, 2.05) is 6.07 Å². The summed E-state index contributed by atoms with van der Waals surface area (Å²) >= 11 is 3.65. The van der Waals surface area contributed by atoms with Crippen molar-refractivity contribution in [2.24, 2.45) is 0 Å². The van der Waals surface area contributed by atoms with Gasteiger partial charge < -0.3 is 4.74 Å². The zero-order chi connectivity index (χ0) is 20.0. The maximum absolute atomic E-state index is 5.43. The molecule has 3 nitrogen and oxygen atoms in total. The summed E-state index contributed by atoms with van der Waals surface area (Å²) in [6, 6.07) is 19.3. The first kappa shape index (κ1) is 18.6. The van der Waals surface area contributed by atoms with E-state index in [0.29, 0.717) is 0 Å². The van der Waals surface area contributed by atoms with Crippen LogP contribution in [-0.2, 0) is 13.0 Å². The number of rotatable bonds is 3. The van der Waals surface area contributed by atoms with Gasteiger partial charge in [0.05, 0.1) is 22.8 Å². The van der Waals surface area contributed by atoms with Gasteiger partial charge in [-0.3, -0.25) is 4.90 Å². The van der Waals surface area contributed by atoms with Crippen molar-refractivity contribution in [2.75, 3.05) is 20.2 Å². The number of likely N-dealkylation sites (N-methyl/N-ethyl adjacent to an activating group) is 1. The van der Waals surface area contributed by atoms with Crippen LogP contribution in [0.1, 0.15) is 18.1 Å². The van der Waals surface area contributed by atoms with Gasteiger partial charge in [-0.25, -0.2) is 4.98 Å². The molecule has 0 aliphatic carbocycles. The van der Waals surface area contributed by atoms with Crippen molar-refractivity contribution < 1.29 is 4.74 Å². The number of hydrogen-bond donors (Lipinski definition) is 0. The van der Waals surface area contributed by atoms with Crippen molar-refractivity contribution in [3.63, 3.8) is 0 Å². The lowest BCUT2D eigenvalue weighted by atomic mass is 9.89. The van der Waals surface area contributed by atoms with Gasteiger partial charge in [0.2, 0.25) is 0 Å². The standard InChI is InChI=1S/C25H23BrN2O/c1-3-28-13-12-19-20(15-28)25(17-9-11-23(29-2)21(26)14-17)27-22-10-8-16-6-4-5-7-18(16)24(19)22/h4-11,14H,3,12-13,15H2,1-2H3. The van der Waals surface area contributed by atoms with Gasteiger partial charge in [0, 0.05) is 24.0 Å². The molecule has 0 unspecified atom stereocenters. The van der Waals surface area contributed by atoms with Crippen molar-refractivity contribution in [1.82, 2.24) is 9.88 Å². The number of aromatic nitrogens is 1. The normalized spacial score (nSPS) is 14.3. The summed E-state index contributed by atoms with van der Waals surface area (Å²) < 4.78 is 6.38. The fraction of sp³-hybridized carbons (Fsp3) is 0.240. The summed E-state index contributed by atoms with van der Waals surface area (Å²) in [5, 5.41) is 3.91. The first-order chi connectivity index (χ1) is 14.2. The highest BCUT2D eigenvalue weighted by atomic mass is 79.9. The number of nitrogens with zero attached hydrogens (tertiary/aromatic N) is 2. The molecule has 146 valence electrons. The molecule has 0 fully saturated rings. The van der Waals surface area contributed by atoms with E-state index in [2.05, 4.69) is 76.3 Å². The highest BCUT2D eigenvalue weighted by Gasteiger charge is 2.24. The Morgan fingerprint density at radius 1 is 1.07 bits per heavy atom. The van der Waals surface area contributed by atoms with E-state index < -0.39 is 0 Å². The summed E-state index contributed by atoms with van der Waals surface area (Å²) in [4.78, 5) is 7.69. The summed E-state index contributed by atoms with van der Waals surface area (Å²) in [6.07, 6.45) is 1.06. The lowest BCUT2D eigenvalue weighted by molar-refractivity contribution is 0.269. The Bertz CT molecular complexity index is 1230. The monoisotopic (exact) mass is 446 g/mol. The minimum Gasteiger partial charge on any atom is -0.496 e. The van der Waals surface area contributed by atoms with Crippen LogP contribution in [0.2, 0.25) is 0 Å². The molecule has 3 aromatic carbocycles. The fourth-order valence-electron chi connectivity index (χ4n) is 4.49. The van der Waals surface area contributed by atoms with Gasteiger partial charge in [-0.15, -0.1) is 0 Å². The lowest BCUT2D eigenvalue weighted by Crippen LogP contribution is -2.31. The molecule has 0 bridgehead atoms. The van der Waals surface area contributed by atoms with Crippen molar-refractivity contribution in [1.29, 1.82) is 0 Å². The van der Waals surface area contributed by atoms with E-state index in [1.54, 1.807) is 7.11 Å². The topological polar surface area (TPSA) is 25.4 Å². The van der Waals surface area contributed by atoms with Crippen molar-refractivity contribution in [3.8, 4) is 17.0 Å². The zero-order valence-electron chi connectivity index (χ0n) is 16.7. The molecule has 1 aromatic heterocycles. The summed E-state index contributed by atoms with van der Waals surface area (Å²) in [6.45, 7) is 5.33. The average molecular weight is 447 g/mol. The third-order valence-electron chi connectivity index (χ3n) is 6.02. The molecule has 2 heterocycles. The van der Waals surface area contributed by atoms with E-state index in [0.717, 1.165) is 53.1 Å². The van der Waals surface area contributed by atoms with Crippen LogP contribution in [0, 0.1) is 0 Å². The van der Waals surface area contributed by atoms with Crippen LogP contribution in [0.15, 0.2) is 59.1 Å². The van der Waals surface area contributed by atoms with Crippen LogP contribution in [0.4, 0.5) is 0 Å². The van der Waals surface area contributed by atoms with Crippen molar-refractivity contribution in [3.05, 3.63) is 70.2 Å². The van der Waals surface area contributed by atoms with Crippen LogP contribution in [0.3, 0.4) is 0 Å². The Morgan fingerprint density at radius 2 is 1.93 bits per heavy atom. The molecule has 4 aromatic rings. The molecule has 29 heavy (non-hydrogen) atoms. The lowest BCUT2D eigenvalue weighted by Gasteiger charge is -2.30. The molecule has 0 saturated carbocycles. The number of methoxy groups -OCH3 is 1. The van der Waals surface area contributed by atoms with Crippen LogP contribution in [-0.4, -0.2) is 30.1 Å². The second kappa shape index (κ2) is 7.43. The molecule has 0 radical (unpaired) electrons. The summed E-state index contributed by atoms with van der Waals surface area (Å²) in [5.41, 5.74) is 6.11. The predicted octanol–water partition coefficient (Wildman–Crippen LogP) is 6.20. The minimum atomic E-state index is 0.838. The molecule has 1 aliphatic rings. The molecular formula is C25H23BrN2O. The van der Waals surface area contributed by atoms with Crippen molar-refractivity contribution in [2.45, 2.75) is 19.9 Å².